The van der Waals surface area contributed by atoms with Crippen LogP contribution in [0.3, 0.4) is 0 Å². The lowest BCUT2D eigenvalue weighted by molar-refractivity contribution is 0.590. The highest BCUT2D eigenvalue weighted by molar-refractivity contribution is 6.02. The normalized spacial score (nSPS) is 11.5. The summed E-state index contributed by atoms with van der Waals surface area (Å²) in [5, 5.41) is 11.4. The lowest BCUT2D eigenvalue weighted by atomic mass is 9.81. The summed E-state index contributed by atoms with van der Waals surface area (Å²) < 4.78 is 1.89. The first-order valence-corrected chi connectivity index (χ1v) is 11.5. The number of fused-ring (bicyclic) bond motifs is 1. The van der Waals surface area contributed by atoms with Crippen molar-refractivity contribution in [3.8, 4) is 34.7 Å². The van der Waals surface area contributed by atoms with Gasteiger partial charge in [-0.05, 0) is 45.0 Å². The molecule has 0 N–H and O–H groups in total. The SMILES string of the molecule is C#Cc1cc(C(C)(C)C)cc(-c2cn(Cc3ccccc3)nn2)c1-c1cccc2ccccc12. The molecule has 5 rings (SSSR count). The largest absolute Gasteiger partial charge is 0.247 e. The van der Waals surface area contributed by atoms with Crippen molar-refractivity contribution in [2.75, 3.05) is 0 Å². The first-order valence-electron chi connectivity index (χ1n) is 11.5. The molecule has 0 fully saturated rings. The maximum atomic E-state index is 6.11. The van der Waals surface area contributed by atoms with E-state index in [0.29, 0.717) is 6.54 Å². The lowest BCUT2D eigenvalue weighted by Gasteiger charge is -2.23. The maximum absolute atomic E-state index is 6.11. The molecule has 3 heteroatoms. The Hall–Kier alpha value is -4.16. The zero-order valence-electron chi connectivity index (χ0n) is 19.8. The zero-order valence-corrected chi connectivity index (χ0v) is 19.8. The number of benzene rings is 4. The fraction of sp³-hybridized carbons (Fsp3) is 0.161. The van der Waals surface area contributed by atoms with Gasteiger partial charge in [-0.1, -0.05) is 105 Å². The minimum absolute atomic E-state index is 0.0579. The summed E-state index contributed by atoms with van der Waals surface area (Å²) in [6.07, 6.45) is 8.12. The second kappa shape index (κ2) is 8.65. The zero-order chi connectivity index (χ0) is 23.7. The highest BCUT2D eigenvalue weighted by Crippen LogP contribution is 2.40. The molecule has 0 aliphatic heterocycles. The van der Waals surface area contributed by atoms with E-state index >= 15 is 0 Å². The summed E-state index contributed by atoms with van der Waals surface area (Å²) in [4.78, 5) is 0. The Labute approximate surface area is 201 Å². The Morgan fingerprint density at radius 2 is 1.59 bits per heavy atom. The van der Waals surface area contributed by atoms with Gasteiger partial charge in [0.15, 0.2) is 0 Å². The first-order chi connectivity index (χ1) is 16.4. The summed E-state index contributed by atoms with van der Waals surface area (Å²) in [6.45, 7) is 7.28. The van der Waals surface area contributed by atoms with Crippen LogP contribution in [0.1, 0.15) is 37.5 Å². The van der Waals surface area contributed by atoms with Crippen molar-refractivity contribution in [3.05, 3.63) is 108 Å². The summed E-state index contributed by atoms with van der Waals surface area (Å²) in [5.41, 5.74) is 7.14. The van der Waals surface area contributed by atoms with Crippen LogP contribution in [0.2, 0.25) is 0 Å². The highest BCUT2D eigenvalue weighted by atomic mass is 15.4. The molecular weight excluding hydrogens is 414 g/mol. The van der Waals surface area contributed by atoms with Crippen LogP contribution >= 0.6 is 0 Å². The minimum atomic E-state index is -0.0579. The third-order valence-corrected chi connectivity index (χ3v) is 6.22. The van der Waals surface area contributed by atoms with Gasteiger partial charge in [-0.3, -0.25) is 0 Å². The number of hydrogen-bond acceptors (Lipinski definition) is 2. The third-order valence-electron chi connectivity index (χ3n) is 6.22. The molecule has 0 saturated heterocycles. The van der Waals surface area contributed by atoms with Gasteiger partial charge in [0.25, 0.3) is 0 Å². The molecule has 0 saturated carbocycles. The molecule has 1 aromatic heterocycles. The second-order valence-corrected chi connectivity index (χ2v) is 9.65. The van der Waals surface area contributed by atoms with Crippen molar-refractivity contribution in [1.82, 2.24) is 15.0 Å². The summed E-state index contributed by atoms with van der Waals surface area (Å²) in [6, 6.07) is 29.5. The second-order valence-electron chi connectivity index (χ2n) is 9.65. The van der Waals surface area contributed by atoms with Crippen molar-refractivity contribution < 1.29 is 0 Å². The van der Waals surface area contributed by atoms with E-state index in [0.717, 1.165) is 27.9 Å². The molecule has 4 aromatic carbocycles. The fourth-order valence-corrected chi connectivity index (χ4v) is 4.39. The standard InChI is InChI=1S/C31H27N3/c1-5-23-18-25(31(2,3)4)19-28(29-21-34(33-32-29)20-22-12-7-6-8-13-22)30(23)27-17-11-15-24-14-9-10-16-26(24)27/h1,6-19,21H,20H2,2-4H3. The molecule has 0 unspecified atom stereocenters. The van der Waals surface area contributed by atoms with Gasteiger partial charge in [0.2, 0.25) is 0 Å². The van der Waals surface area contributed by atoms with Crippen molar-refractivity contribution >= 4 is 10.8 Å². The number of terminal acetylenes is 1. The Balaban J connectivity index is 1.74. The summed E-state index contributed by atoms with van der Waals surface area (Å²) in [5.74, 6) is 2.97. The molecule has 1 heterocycles. The van der Waals surface area contributed by atoms with Crippen LogP contribution in [0.5, 0.6) is 0 Å². The lowest BCUT2D eigenvalue weighted by Crippen LogP contribution is -2.12. The minimum Gasteiger partial charge on any atom is -0.247 e. The maximum Gasteiger partial charge on any atom is 0.113 e. The van der Waals surface area contributed by atoms with Gasteiger partial charge in [0.1, 0.15) is 5.69 Å². The van der Waals surface area contributed by atoms with Crippen LogP contribution in [0.15, 0.2) is 91.1 Å². The van der Waals surface area contributed by atoms with Crippen LogP contribution in [0, 0.1) is 12.3 Å². The number of hydrogen-bond donors (Lipinski definition) is 0. The van der Waals surface area contributed by atoms with E-state index in [1.54, 1.807) is 0 Å². The quantitative estimate of drug-likeness (QED) is 0.279. The van der Waals surface area contributed by atoms with E-state index in [1.165, 1.54) is 21.9 Å². The van der Waals surface area contributed by atoms with Crippen LogP contribution in [0.4, 0.5) is 0 Å². The van der Waals surface area contributed by atoms with E-state index in [-0.39, 0.29) is 5.41 Å². The van der Waals surface area contributed by atoms with Gasteiger partial charge in [-0.25, -0.2) is 4.68 Å². The van der Waals surface area contributed by atoms with Gasteiger partial charge in [0, 0.05) is 16.7 Å². The Morgan fingerprint density at radius 1 is 0.853 bits per heavy atom. The van der Waals surface area contributed by atoms with Gasteiger partial charge in [-0.15, -0.1) is 11.5 Å². The van der Waals surface area contributed by atoms with E-state index in [2.05, 4.69) is 104 Å². The molecule has 0 aliphatic carbocycles. The van der Waals surface area contributed by atoms with E-state index in [4.69, 9.17) is 6.42 Å². The van der Waals surface area contributed by atoms with Gasteiger partial charge >= 0.3 is 0 Å². The van der Waals surface area contributed by atoms with E-state index in [1.807, 2.05) is 29.1 Å². The van der Waals surface area contributed by atoms with Crippen molar-refractivity contribution in [1.29, 1.82) is 0 Å². The van der Waals surface area contributed by atoms with Crippen LogP contribution in [-0.2, 0) is 12.0 Å². The fourth-order valence-electron chi connectivity index (χ4n) is 4.39. The molecule has 0 spiro atoms. The first kappa shape index (κ1) is 21.7. The van der Waals surface area contributed by atoms with Crippen LogP contribution in [0.25, 0.3) is 33.2 Å². The van der Waals surface area contributed by atoms with Gasteiger partial charge in [0.05, 0.1) is 12.7 Å². The van der Waals surface area contributed by atoms with Crippen LogP contribution < -0.4 is 0 Å². The number of rotatable bonds is 4. The van der Waals surface area contributed by atoms with Gasteiger partial charge in [-0.2, -0.15) is 0 Å². The Morgan fingerprint density at radius 3 is 2.35 bits per heavy atom. The molecule has 34 heavy (non-hydrogen) atoms. The smallest absolute Gasteiger partial charge is 0.113 e. The molecule has 0 aliphatic rings. The number of aromatic nitrogens is 3. The topological polar surface area (TPSA) is 30.7 Å². The van der Waals surface area contributed by atoms with Crippen molar-refractivity contribution in [2.45, 2.75) is 32.7 Å². The van der Waals surface area contributed by atoms with E-state index in [9.17, 15) is 0 Å². The highest BCUT2D eigenvalue weighted by Gasteiger charge is 2.22. The molecule has 0 radical (unpaired) electrons. The molecule has 0 atom stereocenters. The molecule has 166 valence electrons. The van der Waals surface area contributed by atoms with Crippen molar-refractivity contribution in [3.63, 3.8) is 0 Å². The predicted molar refractivity (Wildman–Crippen MR) is 141 cm³/mol. The average Bonchev–Trinajstić information content (AvgIpc) is 3.31. The monoisotopic (exact) mass is 441 g/mol. The van der Waals surface area contributed by atoms with Crippen molar-refractivity contribution in [2.24, 2.45) is 0 Å². The molecule has 0 amide bonds. The van der Waals surface area contributed by atoms with E-state index < -0.39 is 0 Å². The molecular formula is C31H27N3. The molecule has 3 nitrogen and oxygen atoms in total. The predicted octanol–water partition coefficient (Wildman–Crippen LogP) is 7.09. The molecule has 0 bridgehead atoms. The van der Waals surface area contributed by atoms with Crippen LogP contribution in [-0.4, -0.2) is 15.0 Å². The van der Waals surface area contributed by atoms with Gasteiger partial charge < -0.3 is 0 Å². The summed E-state index contributed by atoms with van der Waals surface area (Å²) in [7, 11) is 0. The molecule has 5 aromatic rings. The Bertz CT molecular complexity index is 1510. The number of nitrogens with zero attached hydrogens (tertiary/aromatic N) is 3. The third kappa shape index (κ3) is 4.11. The Kier molecular flexibility index (Phi) is 5.51. The summed E-state index contributed by atoms with van der Waals surface area (Å²) >= 11 is 0. The average molecular weight is 442 g/mol.